The van der Waals surface area contributed by atoms with Gasteiger partial charge in [-0.15, -0.1) is 0 Å². The number of ether oxygens (including phenoxy) is 1. The lowest BCUT2D eigenvalue weighted by molar-refractivity contribution is -0.143. The minimum absolute atomic E-state index is 0.0427. The lowest BCUT2D eigenvalue weighted by Gasteiger charge is -2.31. The first-order valence-electron chi connectivity index (χ1n) is 8.91. The summed E-state index contributed by atoms with van der Waals surface area (Å²) in [5.74, 6) is -1.21. The fourth-order valence-corrected chi connectivity index (χ4v) is 3.14. The van der Waals surface area contributed by atoms with Crippen molar-refractivity contribution in [2.24, 2.45) is 5.92 Å². The van der Waals surface area contributed by atoms with Crippen LogP contribution in [0.5, 0.6) is 5.75 Å². The van der Waals surface area contributed by atoms with Crippen molar-refractivity contribution < 1.29 is 18.7 Å². The third-order valence-electron chi connectivity index (χ3n) is 4.70. The molecule has 4 nitrogen and oxygen atoms in total. The maximum absolute atomic E-state index is 13.6. The summed E-state index contributed by atoms with van der Waals surface area (Å²) >= 11 is 0. The fraction of sp³-hybridized carbons (Fsp3) is 0.333. The lowest BCUT2D eigenvalue weighted by atomic mass is 9.96. The van der Waals surface area contributed by atoms with Gasteiger partial charge in [-0.1, -0.05) is 42.5 Å². The third-order valence-corrected chi connectivity index (χ3v) is 4.70. The quantitative estimate of drug-likeness (QED) is 0.608. The van der Waals surface area contributed by atoms with E-state index in [2.05, 4.69) is 0 Å². The highest BCUT2D eigenvalue weighted by molar-refractivity contribution is 5.78. The molecular weight excluding hydrogens is 333 g/mol. The van der Waals surface area contributed by atoms with E-state index in [-0.39, 0.29) is 17.6 Å². The number of halogens is 1. The van der Waals surface area contributed by atoms with Gasteiger partial charge in [-0.05, 0) is 37.0 Å². The molecule has 1 amide bonds. The van der Waals surface area contributed by atoms with E-state index in [1.165, 1.54) is 12.1 Å². The maximum atomic E-state index is 13.6. The zero-order valence-electron chi connectivity index (χ0n) is 14.6. The molecule has 1 saturated heterocycles. The number of aryl methyl sites for hydroxylation is 1. The minimum atomic E-state index is -0.547. The third kappa shape index (κ3) is 4.69. The zero-order valence-corrected chi connectivity index (χ0v) is 14.6. The Kier molecular flexibility index (Phi) is 6.00. The molecule has 0 aromatic heterocycles. The van der Waals surface area contributed by atoms with E-state index in [9.17, 15) is 14.0 Å². The topological polar surface area (TPSA) is 46.6 Å². The first-order chi connectivity index (χ1) is 12.6. The molecular formula is C21H22FNO3. The van der Waals surface area contributed by atoms with Crippen molar-refractivity contribution in [1.82, 2.24) is 4.90 Å². The molecule has 1 aliphatic heterocycles. The van der Waals surface area contributed by atoms with Gasteiger partial charge in [0.2, 0.25) is 5.91 Å². The molecule has 1 heterocycles. The number of hydrogen-bond donors (Lipinski definition) is 0. The van der Waals surface area contributed by atoms with Crippen molar-refractivity contribution >= 4 is 11.9 Å². The van der Waals surface area contributed by atoms with E-state index in [4.69, 9.17) is 4.74 Å². The van der Waals surface area contributed by atoms with Gasteiger partial charge in [-0.2, -0.15) is 0 Å². The van der Waals surface area contributed by atoms with Crippen LogP contribution in [0.2, 0.25) is 0 Å². The Labute approximate surface area is 152 Å². The molecule has 0 N–H and O–H groups in total. The molecule has 0 saturated carbocycles. The molecule has 136 valence electrons. The largest absolute Gasteiger partial charge is 0.423 e. The van der Waals surface area contributed by atoms with Crippen molar-refractivity contribution in [2.45, 2.75) is 25.7 Å². The molecule has 0 aliphatic carbocycles. The standard InChI is InChI=1S/C21H22FNO3/c22-18-8-4-5-9-19(18)26-21(25)17-12-14-23(15-13-17)20(24)11-10-16-6-2-1-3-7-16/h1-9,17H,10-15H2. The molecule has 1 fully saturated rings. The van der Waals surface area contributed by atoms with Gasteiger partial charge in [0.15, 0.2) is 11.6 Å². The van der Waals surface area contributed by atoms with E-state index in [1.807, 2.05) is 30.3 Å². The number of nitrogens with zero attached hydrogens (tertiary/aromatic N) is 1. The van der Waals surface area contributed by atoms with Gasteiger partial charge in [-0.25, -0.2) is 4.39 Å². The highest BCUT2D eigenvalue weighted by Crippen LogP contribution is 2.23. The second-order valence-corrected chi connectivity index (χ2v) is 6.49. The van der Waals surface area contributed by atoms with Crippen molar-refractivity contribution in [3.05, 3.63) is 66.0 Å². The van der Waals surface area contributed by atoms with Crippen LogP contribution in [0.3, 0.4) is 0 Å². The molecule has 0 radical (unpaired) electrons. The number of likely N-dealkylation sites (tertiary alicyclic amines) is 1. The Morgan fingerprint density at radius 2 is 1.65 bits per heavy atom. The first-order valence-corrected chi connectivity index (χ1v) is 8.91. The molecule has 0 unspecified atom stereocenters. The fourth-order valence-electron chi connectivity index (χ4n) is 3.14. The van der Waals surface area contributed by atoms with Crippen LogP contribution in [0.1, 0.15) is 24.8 Å². The number of hydrogen-bond acceptors (Lipinski definition) is 3. The number of carbonyl (C=O) groups is 2. The number of carbonyl (C=O) groups excluding carboxylic acids is 2. The summed E-state index contributed by atoms with van der Waals surface area (Å²) in [7, 11) is 0. The zero-order chi connectivity index (χ0) is 18.4. The molecule has 0 bridgehead atoms. The molecule has 5 heteroatoms. The van der Waals surface area contributed by atoms with E-state index in [0.717, 1.165) is 12.0 Å². The molecule has 0 atom stereocenters. The number of rotatable bonds is 5. The van der Waals surface area contributed by atoms with E-state index < -0.39 is 11.8 Å². The van der Waals surface area contributed by atoms with E-state index >= 15 is 0 Å². The highest BCUT2D eigenvalue weighted by atomic mass is 19.1. The van der Waals surface area contributed by atoms with Crippen LogP contribution in [-0.4, -0.2) is 29.9 Å². The van der Waals surface area contributed by atoms with Gasteiger partial charge >= 0.3 is 5.97 Å². The molecule has 26 heavy (non-hydrogen) atoms. The SMILES string of the molecule is O=C(Oc1ccccc1F)C1CCN(C(=O)CCc2ccccc2)CC1. The van der Waals surface area contributed by atoms with Gasteiger partial charge < -0.3 is 9.64 Å². The van der Waals surface area contributed by atoms with Crippen LogP contribution in [0.25, 0.3) is 0 Å². The summed E-state index contributed by atoms with van der Waals surface area (Å²) in [5, 5.41) is 0. The molecule has 3 rings (SSSR count). The predicted molar refractivity (Wildman–Crippen MR) is 96.1 cm³/mol. The summed E-state index contributed by atoms with van der Waals surface area (Å²) in [6.07, 6.45) is 2.28. The van der Waals surface area contributed by atoms with E-state index in [1.54, 1.807) is 17.0 Å². The van der Waals surface area contributed by atoms with Crippen LogP contribution in [0, 0.1) is 11.7 Å². The Morgan fingerprint density at radius 3 is 2.35 bits per heavy atom. The smallest absolute Gasteiger partial charge is 0.314 e. The van der Waals surface area contributed by atoms with Crippen molar-refractivity contribution in [3.63, 3.8) is 0 Å². The summed E-state index contributed by atoms with van der Waals surface area (Å²) < 4.78 is 18.7. The second kappa shape index (κ2) is 8.61. The second-order valence-electron chi connectivity index (χ2n) is 6.49. The number of para-hydroxylation sites is 1. The van der Waals surface area contributed by atoms with Crippen molar-refractivity contribution in [1.29, 1.82) is 0 Å². The average molecular weight is 355 g/mol. The Morgan fingerprint density at radius 1 is 1.00 bits per heavy atom. The Balaban J connectivity index is 1.45. The Hall–Kier alpha value is -2.69. The Bertz CT molecular complexity index is 755. The summed E-state index contributed by atoms with van der Waals surface area (Å²) in [6.45, 7) is 1.06. The van der Waals surface area contributed by atoms with Gasteiger partial charge in [0, 0.05) is 19.5 Å². The predicted octanol–water partition coefficient (Wildman–Crippen LogP) is 3.60. The van der Waals surface area contributed by atoms with Gasteiger partial charge in [0.25, 0.3) is 0 Å². The van der Waals surface area contributed by atoms with Crippen LogP contribution in [0.4, 0.5) is 4.39 Å². The number of amides is 1. The van der Waals surface area contributed by atoms with Crippen LogP contribution >= 0.6 is 0 Å². The number of esters is 1. The summed E-state index contributed by atoms with van der Waals surface area (Å²) in [6, 6.07) is 15.8. The first kappa shape index (κ1) is 18.1. The highest BCUT2D eigenvalue weighted by Gasteiger charge is 2.28. The maximum Gasteiger partial charge on any atom is 0.314 e. The molecule has 2 aromatic carbocycles. The lowest BCUT2D eigenvalue weighted by Crippen LogP contribution is -2.41. The molecule has 0 spiro atoms. The van der Waals surface area contributed by atoms with Crippen LogP contribution in [-0.2, 0) is 16.0 Å². The summed E-state index contributed by atoms with van der Waals surface area (Å²) in [4.78, 5) is 26.4. The minimum Gasteiger partial charge on any atom is -0.423 e. The van der Waals surface area contributed by atoms with Gasteiger partial charge in [-0.3, -0.25) is 9.59 Å². The molecule has 1 aliphatic rings. The van der Waals surface area contributed by atoms with Crippen molar-refractivity contribution in [2.75, 3.05) is 13.1 Å². The number of piperidine rings is 1. The normalized spacial score (nSPS) is 14.9. The summed E-state index contributed by atoms with van der Waals surface area (Å²) in [5.41, 5.74) is 1.14. The van der Waals surface area contributed by atoms with Gasteiger partial charge in [0.05, 0.1) is 5.92 Å². The van der Waals surface area contributed by atoms with Crippen molar-refractivity contribution in [3.8, 4) is 5.75 Å². The number of benzene rings is 2. The average Bonchev–Trinajstić information content (AvgIpc) is 2.69. The van der Waals surface area contributed by atoms with Gasteiger partial charge in [0.1, 0.15) is 0 Å². The van der Waals surface area contributed by atoms with Crippen LogP contribution in [0.15, 0.2) is 54.6 Å². The monoisotopic (exact) mass is 355 g/mol. The molecule has 2 aromatic rings. The van der Waals surface area contributed by atoms with Crippen LogP contribution < -0.4 is 4.74 Å². The van der Waals surface area contributed by atoms with E-state index in [0.29, 0.717) is 32.4 Å².